The molecule has 0 saturated heterocycles. The van der Waals surface area contributed by atoms with E-state index in [-0.39, 0.29) is 5.41 Å². The first-order valence-corrected chi connectivity index (χ1v) is 6.04. The van der Waals surface area contributed by atoms with E-state index in [1.54, 1.807) is 0 Å². The van der Waals surface area contributed by atoms with Crippen LogP contribution < -0.4 is 5.73 Å². The van der Waals surface area contributed by atoms with Crippen molar-refractivity contribution in [2.45, 2.75) is 31.6 Å². The van der Waals surface area contributed by atoms with Crippen LogP contribution in [0.2, 0.25) is 5.02 Å². The summed E-state index contributed by atoms with van der Waals surface area (Å²) < 4.78 is 0. The van der Waals surface area contributed by atoms with Crippen LogP contribution in [-0.4, -0.2) is 6.54 Å². The van der Waals surface area contributed by atoms with Gasteiger partial charge in [0.2, 0.25) is 0 Å². The second-order valence-electron chi connectivity index (χ2n) is 4.68. The summed E-state index contributed by atoms with van der Waals surface area (Å²) in [6, 6.07) is 8.17. The van der Waals surface area contributed by atoms with E-state index in [2.05, 4.69) is 19.1 Å². The first-order chi connectivity index (χ1) is 7.20. The van der Waals surface area contributed by atoms with Crippen LogP contribution in [0.1, 0.15) is 31.7 Å². The summed E-state index contributed by atoms with van der Waals surface area (Å²) in [5, 5.41) is 0.820. The molecule has 2 rings (SSSR count). The Balaban J connectivity index is 2.21. The number of rotatable bonds is 3. The van der Waals surface area contributed by atoms with Crippen molar-refractivity contribution < 1.29 is 0 Å². The fourth-order valence-corrected chi connectivity index (χ4v) is 2.86. The molecule has 0 radical (unpaired) electrons. The van der Waals surface area contributed by atoms with Crippen LogP contribution in [0.15, 0.2) is 24.3 Å². The van der Waals surface area contributed by atoms with Gasteiger partial charge in [-0.2, -0.15) is 0 Å². The minimum absolute atomic E-state index is 0.214. The molecule has 0 aliphatic heterocycles. The molecule has 0 amide bonds. The third-order valence-electron chi connectivity index (χ3n) is 3.76. The van der Waals surface area contributed by atoms with E-state index in [4.69, 9.17) is 17.3 Å². The van der Waals surface area contributed by atoms with E-state index in [1.165, 1.54) is 24.8 Å². The van der Waals surface area contributed by atoms with Crippen LogP contribution in [0.3, 0.4) is 0 Å². The lowest BCUT2D eigenvalue weighted by Gasteiger charge is -2.47. The van der Waals surface area contributed by atoms with Gasteiger partial charge in [0, 0.05) is 17.0 Å². The van der Waals surface area contributed by atoms with E-state index in [0.29, 0.717) is 0 Å². The van der Waals surface area contributed by atoms with Crippen LogP contribution in [0.5, 0.6) is 0 Å². The standard InChI is InChI=1S/C13H18ClN/c1-2-10-7-13(8-10,9-15)11-4-3-5-12(14)6-11/h3-6,10H,2,7-9,15H2,1H3. The Kier molecular flexibility index (Phi) is 3.03. The smallest absolute Gasteiger partial charge is 0.0408 e. The number of hydrogen-bond donors (Lipinski definition) is 1. The first-order valence-electron chi connectivity index (χ1n) is 5.66. The fourth-order valence-electron chi connectivity index (χ4n) is 2.67. The van der Waals surface area contributed by atoms with Gasteiger partial charge in [0.1, 0.15) is 0 Å². The molecule has 82 valence electrons. The summed E-state index contributed by atoms with van der Waals surface area (Å²) in [6.07, 6.45) is 3.71. The molecule has 2 N–H and O–H groups in total. The second-order valence-corrected chi connectivity index (χ2v) is 5.11. The molecule has 1 aromatic carbocycles. The lowest BCUT2D eigenvalue weighted by molar-refractivity contribution is 0.144. The van der Waals surface area contributed by atoms with Crippen LogP contribution in [0, 0.1) is 5.92 Å². The normalized spacial score (nSPS) is 29.9. The van der Waals surface area contributed by atoms with Gasteiger partial charge in [-0.1, -0.05) is 37.1 Å². The molecular formula is C13H18ClN. The maximum absolute atomic E-state index is 6.02. The predicted molar refractivity (Wildman–Crippen MR) is 65.2 cm³/mol. The minimum atomic E-state index is 0.214. The molecule has 0 heterocycles. The van der Waals surface area contributed by atoms with Crippen molar-refractivity contribution in [3.63, 3.8) is 0 Å². The van der Waals surface area contributed by atoms with Crippen LogP contribution >= 0.6 is 11.6 Å². The molecule has 0 spiro atoms. The van der Waals surface area contributed by atoms with Crippen molar-refractivity contribution in [2.24, 2.45) is 11.7 Å². The van der Waals surface area contributed by atoms with Gasteiger partial charge in [-0.3, -0.25) is 0 Å². The summed E-state index contributed by atoms with van der Waals surface area (Å²) in [5.74, 6) is 0.854. The molecule has 0 aromatic heterocycles. The Morgan fingerprint density at radius 3 is 2.73 bits per heavy atom. The number of nitrogens with two attached hydrogens (primary N) is 1. The molecule has 1 saturated carbocycles. The average Bonchev–Trinajstić information content (AvgIpc) is 2.18. The van der Waals surface area contributed by atoms with Crippen LogP contribution in [0.4, 0.5) is 0 Å². The molecule has 0 atom stereocenters. The third-order valence-corrected chi connectivity index (χ3v) is 4.00. The molecule has 1 aromatic rings. The average molecular weight is 224 g/mol. The molecule has 1 fully saturated rings. The van der Waals surface area contributed by atoms with E-state index >= 15 is 0 Å². The highest BCUT2D eigenvalue weighted by Gasteiger charge is 2.43. The molecule has 1 aliphatic carbocycles. The molecule has 0 unspecified atom stereocenters. The third kappa shape index (κ3) is 1.91. The van der Waals surface area contributed by atoms with Gasteiger partial charge in [-0.15, -0.1) is 0 Å². The quantitative estimate of drug-likeness (QED) is 0.836. The Labute approximate surface area is 96.6 Å². The summed E-state index contributed by atoms with van der Waals surface area (Å²) in [4.78, 5) is 0. The van der Waals surface area contributed by atoms with E-state index in [0.717, 1.165) is 17.5 Å². The molecular weight excluding hydrogens is 206 g/mol. The first kappa shape index (κ1) is 11.0. The van der Waals surface area contributed by atoms with Gasteiger partial charge in [0.05, 0.1) is 0 Å². The maximum Gasteiger partial charge on any atom is 0.0408 e. The topological polar surface area (TPSA) is 26.0 Å². The van der Waals surface area contributed by atoms with Crippen molar-refractivity contribution in [3.8, 4) is 0 Å². The minimum Gasteiger partial charge on any atom is -0.330 e. The molecule has 1 aliphatic rings. The second kappa shape index (κ2) is 4.15. The zero-order chi connectivity index (χ0) is 10.9. The van der Waals surface area contributed by atoms with Gasteiger partial charge in [0.25, 0.3) is 0 Å². The lowest BCUT2D eigenvalue weighted by Crippen LogP contribution is -2.46. The molecule has 15 heavy (non-hydrogen) atoms. The van der Waals surface area contributed by atoms with Crippen LogP contribution in [0.25, 0.3) is 0 Å². The molecule has 2 heteroatoms. The summed E-state index contributed by atoms with van der Waals surface area (Å²) in [5.41, 5.74) is 7.46. The highest BCUT2D eigenvalue weighted by atomic mass is 35.5. The molecule has 0 bridgehead atoms. The van der Waals surface area contributed by atoms with Gasteiger partial charge in [-0.05, 0) is 36.5 Å². The predicted octanol–water partition coefficient (Wildman–Crippen LogP) is 3.36. The monoisotopic (exact) mass is 223 g/mol. The van der Waals surface area contributed by atoms with Crippen molar-refractivity contribution in [2.75, 3.05) is 6.54 Å². The van der Waals surface area contributed by atoms with Gasteiger partial charge < -0.3 is 5.73 Å². The van der Waals surface area contributed by atoms with Gasteiger partial charge in [-0.25, -0.2) is 0 Å². The number of benzene rings is 1. The van der Waals surface area contributed by atoms with Crippen molar-refractivity contribution in [1.82, 2.24) is 0 Å². The van der Waals surface area contributed by atoms with Gasteiger partial charge in [0.15, 0.2) is 0 Å². The Bertz CT molecular complexity index is 342. The van der Waals surface area contributed by atoms with Crippen LogP contribution in [-0.2, 0) is 5.41 Å². The SMILES string of the molecule is CCC1CC(CN)(c2cccc(Cl)c2)C1. The summed E-state index contributed by atoms with van der Waals surface area (Å²) in [6.45, 7) is 2.99. The van der Waals surface area contributed by atoms with Crippen molar-refractivity contribution >= 4 is 11.6 Å². The number of halogens is 1. The number of hydrogen-bond acceptors (Lipinski definition) is 1. The zero-order valence-electron chi connectivity index (χ0n) is 9.17. The van der Waals surface area contributed by atoms with E-state index < -0.39 is 0 Å². The van der Waals surface area contributed by atoms with E-state index in [9.17, 15) is 0 Å². The summed E-state index contributed by atoms with van der Waals surface area (Å²) >= 11 is 6.02. The van der Waals surface area contributed by atoms with Gasteiger partial charge >= 0.3 is 0 Å². The lowest BCUT2D eigenvalue weighted by atomic mass is 9.58. The summed E-state index contributed by atoms with van der Waals surface area (Å²) in [7, 11) is 0. The Morgan fingerprint density at radius 1 is 1.47 bits per heavy atom. The van der Waals surface area contributed by atoms with E-state index in [1.807, 2.05) is 12.1 Å². The zero-order valence-corrected chi connectivity index (χ0v) is 9.93. The maximum atomic E-state index is 6.02. The Hall–Kier alpha value is -0.530. The highest BCUT2D eigenvalue weighted by Crippen LogP contribution is 2.48. The fraction of sp³-hybridized carbons (Fsp3) is 0.538. The van der Waals surface area contributed by atoms with Crippen molar-refractivity contribution in [1.29, 1.82) is 0 Å². The molecule has 1 nitrogen and oxygen atoms in total. The largest absolute Gasteiger partial charge is 0.330 e. The highest BCUT2D eigenvalue weighted by molar-refractivity contribution is 6.30. The van der Waals surface area contributed by atoms with Crippen molar-refractivity contribution in [3.05, 3.63) is 34.9 Å². The Morgan fingerprint density at radius 2 is 2.20 bits per heavy atom.